The first-order valence-corrected chi connectivity index (χ1v) is 5.45. The number of benzene rings is 2. The molecule has 88 valence electrons. The molecule has 4 heteroatoms. The first-order valence-electron chi connectivity index (χ1n) is 5.00. The van der Waals surface area contributed by atoms with Crippen molar-refractivity contribution in [1.82, 2.24) is 0 Å². The van der Waals surface area contributed by atoms with Crippen LogP contribution in [0.2, 0.25) is 0 Å². The number of thiol groups is 1. The Hall–Kier alpha value is -1.55. The standard InChI is InChI=1S/C13H10F2OS/c14-10-5-9(6-11(15)7-10)8-16-12-1-3-13(17)4-2-12/h1-7,17H,8H2. The largest absolute Gasteiger partial charge is 0.489 e. The molecule has 0 aromatic heterocycles. The van der Waals surface area contributed by atoms with Gasteiger partial charge < -0.3 is 4.74 Å². The normalized spacial score (nSPS) is 10.3. The predicted molar refractivity (Wildman–Crippen MR) is 64.4 cm³/mol. The maximum Gasteiger partial charge on any atom is 0.126 e. The van der Waals surface area contributed by atoms with Gasteiger partial charge in [0.2, 0.25) is 0 Å². The second-order valence-electron chi connectivity index (χ2n) is 3.56. The summed E-state index contributed by atoms with van der Waals surface area (Å²) in [4.78, 5) is 0.828. The van der Waals surface area contributed by atoms with Crippen LogP contribution in [-0.4, -0.2) is 0 Å². The van der Waals surface area contributed by atoms with Crippen molar-refractivity contribution >= 4 is 12.6 Å². The molecule has 0 unspecified atom stereocenters. The van der Waals surface area contributed by atoms with E-state index in [9.17, 15) is 8.78 Å². The van der Waals surface area contributed by atoms with Crippen LogP contribution in [0.5, 0.6) is 5.75 Å². The summed E-state index contributed by atoms with van der Waals surface area (Å²) < 4.78 is 31.2. The van der Waals surface area contributed by atoms with Crippen molar-refractivity contribution in [3.8, 4) is 5.75 Å². The van der Waals surface area contributed by atoms with Gasteiger partial charge in [-0.15, -0.1) is 12.6 Å². The van der Waals surface area contributed by atoms with Crippen LogP contribution in [0.15, 0.2) is 47.4 Å². The highest BCUT2D eigenvalue weighted by Crippen LogP contribution is 2.16. The summed E-state index contributed by atoms with van der Waals surface area (Å²) in [6, 6.07) is 10.4. The van der Waals surface area contributed by atoms with Gasteiger partial charge in [0, 0.05) is 11.0 Å². The molecule has 0 radical (unpaired) electrons. The molecule has 0 aliphatic rings. The SMILES string of the molecule is Fc1cc(F)cc(COc2ccc(S)cc2)c1. The molecule has 17 heavy (non-hydrogen) atoms. The third-order valence-electron chi connectivity index (χ3n) is 2.16. The summed E-state index contributed by atoms with van der Waals surface area (Å²) in [5.74, 6) is -0.573. The van der Waals surface area contributed by atoms with Crippen LogP contribution in [-0.2, 0) is 6.61 Å². The van der Waals surface area contributed by atoms with Crippen molar-refractivity contribution in [2.45, 2.75) is 11.5 Å². The van der Waals surface area contributed by atoms with Crippen molar-refractivity contribution < 1.29 is 13.5 Å². The molecule has 0 atom stereocenters. The van der Waals surface area contributed by atoms with Gasteiger partial charge in [0.25, 0.3) is 0 Å². The van der Waals surface area contributed by atoms with E-state index in [2.05, 4.69) is 12.6 Å². The first-order chi connectivity index (χ1) is 8.13. The smallest absolute Gasteiger partial charge is 0.126 e. The summed E-state index contributed by atoms with van der Waals surface area (Å²) in [5.41, 5.74) is 0.456. The summed E-state index contributed by atoms with van der Waals surface area (Å²) in [6.45, 7) is 0.126. The van der Waals surface area contributed by atoms with E-state index in [4.69, 9.17) is 4.74 Å². The van der Waals surface area contributed by atoms with Gasteiger partial charge in [-0.1, -0.05) is 0 Å². The fourth-order valence-corrected chi connectivity index (χ4v) is 1.55. The fourth-order valence-electron chi connectivity index (χ4n) is 1.40. The molecule has 0 aliphatic heterocycles. The van der Waals surface area contributed by atoms with E-state index < -0.39 is 11.6 Å². The molecule has 0 saturated carbocycles. The topological polar surface area (TPSA) is 9.23 Å². The lowest BCUT2D eigenvalue weighted by molar-refractivity contribution is 0.304. The van der Waals surface area contributed by atoms with Crippen LogP contribution in [0.3, 0.4) is 0 Å². The Bertz CT molecular complexity index is 491. The fraction of sp³-hybridized carbons (Fsp3) is 0.0769. The zero-order valence-corrected chi connectivity index (χ0v) is 9.75. The van der Waals surface area contributed by atoms with Crippen molar-refractivity contribution in [1.29, 1.82) is 0 Å². The van der Waals surface area contributed by atoms with Crippen LogP contribution in [0.25, 0.3) is 0 Å². The van der Waals surface area contributed by atoms with E-state index in [1.807, 2.05) is 0 Å². The molecule has 2 aromatic rings. The Morgan fingerprint density at radius 1 is 0.941 bits per heavy atom. The van der Waals surface area contributed by atoms with Gasteiger partial charge in [0.05, 0.1) is 0 Å². The van der Waals surface area contributed by atoms with Gasteiger partial charge in [-0.05, 0) is 42.0 Å². The minimum absolute atomic E-state index is 0.126. The van der Waals surface area contributed by atoms with Crippen LogP contribution in [0.1, 0.15) is 5.56 Å². The van der Waals surface area contributed by atoms with E-state index in [1.165, 1.54) is 12.1 Å². The average Bonchev–Trinajstić information content (AvgIpc) is 2.27. The van der Waals surface area contributed by atoms with Gasteiger partial charge in [-0.3, -0.25) is 0 Å². The summed E-state index contributed by atoms with van der Waals surface area (Å²) in [6.07, 6.45) is 0. The van der Waals surface area contributed by atoms with Crippen LogP contribution < -0.4 is 4.74 Å². The quantitative estimate of drug-likeness (QED) is 0.817. The van der Waals surface area contributed by atoms with Gasteiger partial charge in [-0.25, -0.2) is 8.78 Å². The van der Waals surface area contributed by atoms with Gasteiger partial charge in [0.1, 0.15) is 24.0 Å². The average molecular weight is 252 g/mol. The molecule has 0 fully saturated rings. The minimum atomic E-state index is -0.602. The zero-order valence-electron chi connectivity index (χ0n) is 8.86. The summed E-state index contributed by atoms with van der Waals surface area (Å²) in [5, 5.41) is 0. The Labute approximate surface area is 103 Å². The van der Waals surface area contributed by atoms with E-state index in [0.29, 0.717) is 11.3 Å². The molecule has 2 rings (SSSR count). The van der Waals surface area contributed by atoms with Gasteiger partial charge >= 0.3 is 0 Å². The van der Waals surface area contributed by atoms with Crippen molar-refractivity contribution in [2.24, 2.45) is 0 Å². The van der Waals surface area contributed by atoms with E-state index >= 15 is 0 Å². The Morgan fingerprint density at radius 2 is 1.53 bits per heavy atom. The van der Waals surface area contributed by atoms with Gasteiger partial charge in [-0.2, -0.15) is 0 Å². The zero-order chi connectivity index (χ0) is 12.3. The van der Waals surface area contributed by atoms with Crippen molar-refractivity contribution in [2.75, 3.05) is 0 Å². The second-order valence-corrected chi connectivity index (χ2v) is 4.08. The number of rotatable bonds is 3. The monoisotopic (exact) mass is 252 g/mol. The molecule has 0 saturated heterocycles. The lowest BCUT2D eigenvalue weighted by Gasteiger charge is -2.06. The Morgan fingerprint density at radius 3 is 2.12 bits per heavy atom. The molecule has 0 spiro atoms. The van der Waals surface area contributed by atoms with Crippen molar-refractivity contribution in [3.63, 3.8) is 0 Å². The number of hydrogen-bond acceptors (Lipinski definition) is 2. The second kappa shape index (κ2) is 5.19. The summed E-state index contributed by atoms with van der Waals surface area (Å²) >= 11 is 4.14. The highest BCUT2D eigenvalue weighted by atomic mass is 32.1. The first kappa shape index (κ1) is 11.9. The molecular formula is C13H10F2OS. The lowest BCUT2D eigenvalue weighted by Crippen LogP contribution is -1.97. The van der Waals surface area contributed by atoms with Crippen LogP contribution in [0.4, 0.5) is 8.78 Å². The molecule has 1 nitrogen and oxygen atoms in total. The lowest BCUT2D eigenvalue weighted by atomic mass is 10.2. The van der Waals surface area contributed by atoms with Crippen LogP contribution >= 0.6 is 12.6 Å². The van der Waals surface area contributed by atoms with E-state index in [-0.39, 0.29) is 6.61 Å². The number of hydrogen-bond donors (Lipinski definition) is 1. The van der Waals surface area contributed by atoms with Gasteiger partial charge in [0.15, 0.2) is 0 Å². The highest BCUT2D eigenvalue weighted by molar-refractivity contribution is 7.80. The molecule has 0 N–H and O–H groups in total. The van der Waals surface area contributed by atoms with E-state index in [1.54, 1.807) is 24.3 Å². The Balaban J connectivity index is 2.04. The third kappa shape index (κ3) is 3.46. The Kier molecular flexibility index (Phi) is 3.64. The minimum Gasteiger partial charge on any atom is -0.489 e. The van der Waals surface area contributed by atoms with E-state index in [0.717, 1.165) is 11.0 Å². The molecule has 0 aliphatic carbocycles. The maximum atomic E-state index is 12.9. The maximum absolute atomic E-state index is 12.9. The number of halogens is 2. The third-order valence-corrected chi connectivity index (χ3v) is 2.46. The molecule has 0 bridgehead atoms. The molecule has 0 heterocycles. The predicted octanol–water partition coefficient (Wildman–Crippen LogP) is 3.83. The molecular weight excluding hydrogens is 242 g/mol. The molecule has 2 aromatic carbocycles. The molecule has 0 amide bonds. The van der Waals surface area contributed by atoms with Crippen LogP contribution in [0, 0.1) is 11.6 Å². The summed E-state index contributed by atoms with van der Waals surface area (Å²) in [7, 11) is 0. The number of ether oxygens (including phenoxy) is 1. The highest BCUT2D eigenvalue weighted by Gasteiger charge is 2.01. The van der Waals surface area contributed by atoms with Crippen molar-refractivity contribution in [3.05, 3.63) is 59.7 Å².